The summed E-state index contributed by atoms with van der Waals surface area (Å²) < 4.78 is 17.0. The van der Waals surface area contributed by atoms with E-state index in [4.69, 9.17) is 14.2 Å². The first kappa shape index (κ1) is 78.6. The molecular formula is C76H134O6. The number of allylic oxidation sites excluding steroid dienone is 14. The zero-order valence-electron chi connectivity index (χ0n) is 54.5. The molecule has 0 spiro atoms. The molecule has 0 saturated carbocycles. The second kappa shape index (κ2) is 70.1. The van der Waals surface area contributed by atoms with Crippen LogP contribution >= 0.6 is 0 Å². The maximum atomic E-state index is 13.0. The van der Waals surface area contributed by atoms with Gasteiger partial charge in [-0.1, -0.05) is 311 Å². The Hall–Kier alpha value is -3.41. The van der Waals surface area contributed by atoms with Crippen molar-refractivity contribution in [3.8, 4) is 0 Å². The van der Waals surface area contributed by atoms with Gasteiger partial charge < -0.3 is 14.2 Å². The van der Waals surface area contributed by atoms with Gasteiger partial charge in [0.2, 0.25) is 0 Å². The minimum absolute atomic E-state index is 0.0829. The average molecular weight is 1140 g/mol. The van der Waals surface area contributed by atoms with Crippen LogP contribution in [-0.4, -0.2) is 37.2 Å². The largest absolute Gasteiger partial charge is 0.462 e. The number of ether oxygens (including phenoxy) is 3. The van der Waals surface area contributed by atoms with Crippen LogP contribution in [-0.2, 0) is 28.6 Å². The lowest BCUT2D eigenvalue weighted by Crippen LogP contribution is -2.30. The summed E-state index contributed by atoms with van der Waals surface area (Å²) in [5, 5.41) is 0. The molecule has 0 aromatic carbocycles. The Morgan fingerprint density at radius 3 is 0.768 bits per heavy atom. The molecule has 0 N–H and O–H groups in total. The molecule has 0 rings (SSSR count). The topological polar surface area (TPSA) is 78.9 Å². The van der Waals surface area contributed by atoms with Crippen LogP contribution in [0.4, 0.5) is 0 Å². The molecule has 0 aliphatic rings. The SMILES string of the molecule is CC/C=C\C/C=C\C/C=C\C/C=C\CCCCCCCCC(=O)OC(COC(=O)CCCCCCCCC/C=C\C/C=C\CCCCCC)COC(=O)CCCCCCCCCCCCCCCCC/C=C\CCCCCCCCCC. The number of carbonyl (C=O) groups excluding carboxylic acids is 3. The number of rotatable bonds is 65. The summed E-state index contributed by atoms with van der Waals surface area (Å²) in [5.74, 6) is -0.887. The zero-order valence-corrected chi connectivity index (χ0v) is 54.5. The van der Waals surface area contributed by atoms with E-state index in [0.29, 0.717) is 19.3 Å². The van der Waals surface area contributed by atoms with E-state index in [1.54, 1.807) is 0 Å². The summed E-state index contributed by atoms with van der Waals surface area (Å²) in [7, 11) is 0. The normalized spacial score (nSPS) is 12.6. The van der Waals surface area contributed by atoms with Crippen molar-refractivity contribution in [2.24, 2.45) is 0 Å². The smallest absolute Gasteiger partial charge is 0.306 e. The first-order valence-electron chi connectivity index (χ1n) is 35.6. The quantitative estimate of drug-likeness (QED) is 0.0261. The molecule has 0 fully saturated rings. The Morgan fingerprint density at radius 1 is 0.256 bits per heavy atom. The summed E-state index contributed by atoms with van der Waals surface area (Å²) in [6, 6.07) is 0. The lowest BCUT2D eigenvalue weighted by atomic mass is 10.0. The molecule has 82 heavy (non-hydrogen) atoms. The monoisotopic (exact) mass is 1140 g/mol. The van der Waals surface area contributed by atoms with Gasteiger partial charge in [0, 0.05) is 19.3 Å². The molecule has 0 aromatic rings. The van der Waals surface area contributed by atoms with Crippen LogP contribution in [0.5, 0.6) is 0 Å². The average Bonchev–Trinajstić information content (AvgIpc) is 3.47. The summed E-state index contributed by atoms with van der Waals surface area (Å²) in [6.07, 6.45) is 93.2. The van der Waals surface area contributed by atoms with Crippen molar-refractivity contribution in [1.29, 1.82) is 0 Å². The fourth-order valence-corrected chi connectivity index (χ4v) is 10.3. The third-order valence-electron chi connectivity index (χ3n) is 15.6. The summed E-state index contributed by atoms with van der Waals surface area (Å²) in [6.45, 7) is 6.54. The highest BCUT2D eigenvalue weighted by atomic mass is 16.6. The van der Waals surface area contributed by atoms with Gasteiger partial charge in [0.1, 0.15) is 13.2 Å². The van der Waals surface area contributed by atoms with Crippen molar-refractivity contribution >= 4 is 17.9 Å². The Kier molecular flexibility index (Phi) is 67.2. The van der Waals surface area contributed by atoms with Crippen LogP contribution in [0.2, 0.25) is 0 Å². The first-order chi connectivity index (χ1) is 40.5. The number of esters is 3. The number of unbranched alkanes of at least 4 members (excludes halogenated alkanes) is 40. The van der Waals surface area contributed by atoms with E-state index >= 15 is 0 Å². The fourth-order valence-electron chi connectivity index (χ4n) is 10.3. The second-order valence-corrected chi connectivity index (χ2v) is 23.8. The van der Waals surface area contributed by atoms with Gasteiger partial charge in [0.05, 0.1) is 0 Å². The number of hydrogen-bond donors (Lipinski definition) is 0. The lowest BCUT2D eigenvalue weighted by Gasteiger charge is -2.18. The molecule has 1 unspecified atom stereocenters. The van der Waals surface area contributed by atoms with E-state index in [-0.39, 0.29) is 31.1 Å². The molecule has 1 atom stereocenters. The van der Waals surface area contributed by atoms with Gasteiger partial charge in [-0.2, -0.15) is 0 Å². The highest BCUT2D eigenvalue weighted by molar-refractivity contribution is 5.71. The summed E-state index contributed by atoms with van der Waals surface area (Å²) in [5.41, 5.74) is 0. The molecule has 0 aromatic heterocycles. The Labute approximate surface area is 509 Å². The van der Waals surface area contributed by atoms with E-state index in [1.165, 1.54) is 212 Å². The van der Waals surface area contributed by atoms with Crippen LogP contribution in [0.15, 0.2) is 85.1 Å². The van der Waals surface area contributed by atoms with E-state index in [2.05, 4.69) is 106 Å². The molecule has 0 radical (unpaired) electrons. The summed E-state index contributed by atoms with van der Waals surface area (Å²) >= 11 is 0. The Balaban J connectivity index is 4.33. The highest BCUT2D eigenvalue weighted by Gasteiger charge is 2.19. The van der Waals surface area contributed by atoms with Gasteiger partial charge >= 0.3 is 17.9 Å². The summed E-state index contributed by atoms with van der Waals surface area (Å²) in [4.78, 5) is 38.5. The van der Waals surface area contributed by atoms with E-state index in [9.17, 15) is 14.4 Å². The van der Waals surface area contributed by atoms with Gasteiger partial charge in [-0.05, 0) is 116 Å². The number of hydrogen-bond acceptors (Lipinski definition) is 6. The molecule has 0 aliphatic heterocycles. The first-order valence-corrected chi connectivity index (χ1v) is 35.6. The van der Waals surface area contributed by atoms with Crippen molar-refractivity contribution in [3.63, 3.8) is 0 Å². The van der Waals surface area contributed by atoms with Gasteiger partial charge in [-0.25, -0.2) is 0 Å². The highest BCUT2D eigenvalue weighted by Crippen LogP contribution is 2.17. The lowest BCUT2D eigenvalue weighted by molar-refractivity contribution is -0.167. The van der Waals surface area contributed by atoms with Crippen molar-refractivity contribution < 1.29 is 28.6 Å². The predicted molar refractivity (Wildman–Crippen MR) is 358 cm³/mol. The van der Waals surface area contributed by atoms with Crippen LogP contribution in [0.1, 0.15) is 361 Å². The minimum atomic E-state index is -0.790. The molecule has 0 bridgehead atoms. The van der Waals surface area contributed by atoms with Gasteiger partial charge in [0.25, 0.3) is 0 Å². The van der Waals surface area contributed by atoms with E-state index in [0.717, 1.165) is 109 Å². The molecule has 474 valence electrons. The van der Waals surface area contributed by atoms with Crippen LogP contribution in [0.3, 0.4) is 0 Å². The molecule has 6 nitrogen and oxygen atoms in total. The molecular weight excluding hydrogens is 1010 g/mol. The van der Waals surface area contributed by atoms with Crippen LogP contribution < -0.4 is 0 Å². The molecule has 6 heteroatoms. The predicted octanol–water partition coefficient (Wildman–Crippen LogP) is 24.6. The van der Waals surface area contributed by atoms with Crippen molar-refractivity contribution in [2.75, 3.05) is 13.2 Å². The van der Waals surface area contributed by atoms with Crippen molar-refractivity contribution in [1.82, 2.24) is 0 Å². The van der Waals surface area contributed by atoms with Gasteiger partial charge in [-0.3, -0.25) is 14.4 Å². The maximum Gasteiger partial charge on any atom is 0.306 e. The minimum Gasteiger partial charge on any atom is -0.462 e. The zero-order chi connectivity index (χ0) is 59.2. The Bertz CT molecular complexity index is 1550. The third-order valence-corrected chi connectivity index (χ3v) is 15.6. The van der Waals surface area contributed by atoms with E-state index in [1.807, 2.05) is 0 Å². The third kappa shape index (κ3) is 67.4. The Morgan fingerprint density at radius 2 is 0.476 bits per heavy atom. The van der Waals surface area contributed by atoms with Crippen molar-refractivity contribution in [3.05, 3.63) is 85.1 Å². The van der Waals surface area contributed by atoms with Crippen molar-refractivity contribution in [2.45, 2.75) is 367 Å². The van der Waals surface area contributed by atoms with Crippen LogP contribution in [0, 0.1) is 0 Å². The van der Waals surface area contributed by atoms with Gasteiger partial charge in [0.15, 0.2) is 6.10 Å². The maximum absolute atomic E-state index is 13.0. The van der Waals surface area contributed by atoms with E-state index < -0.39 is 6.10 Å². The second-order valence-electron chi connectivity index (χ2n) is 23.8. The van der Waals surface area contributed by atoms with Crippen LogP contribution in [0.25, 0.3) is 0 Å². The molecule has 0 aliphatic carbocycles. The number of carbonyl (C=O) groups is 3. The standard InChI is InChI=1S/C76H134O6/c1-4-7-10-13-16-19-22-25-28-31-34-35-36-37-38-39-40-41-43-45-48-51-54-57-60-63-66-69-75(78)81-72-73(71-80-74(77)68-65-62-59-56-53-50-47-44-33-30-27-24-21-18-15-12-9-6-3)82-76(79)70-67-64-61-58-55-52-49-46-42-32-29-26-23-20-17-14-11-8-5-2/h8,11,17,20-21,24,26,29-31,33-34,42,46,73H,4-7,9-10,12-16,18-19,22-23,25,27-28,32,35-41,43-45,47-72H2,1-3H3/b11-8-,20-17-,24-21-,29-26-,33-30-,34-31-,46-42-. The molecule has 0 amide bonds. The molecule has 0 saturated heterocycles. The fraction of sp³-hybridized carbons (Fsp3) is 0.776. The van der Waals surface area contributed by atoms with Gasteiger partial charge in [-0.15, -0.1) is 0 Å². The molecule has 0 heterocycles.